The first-order valence-corrected chi connectivity index (χ1v) is 6.52. The third kappa shape index (κ3) is 2.54. The summed E-state index contributed by atoms with van der Waals surface area (Å²) in [4.78, 5) is 26.0. The van der Waals surface area contributed by atoms with Crippen LogP contribution in [-0.2, 0) is 4.79 Å². The summed E-state index contributed by atoms with van der Waals surface area (Å²) in [5.74, 6) is 1.09. The molecule has 1 atom stereocenters. The number of carbonyl (C=O) groups is 2. The van der Waals surface area contributed by atoms with Crippen LogP contribution in [0.4, 0.5) is 0 Å². The number of piperidine rings is 1. The first kappa shape index (κ1) is 12.7. The Bertz CT molecular complexity index is 515. The summed E-state index contributed by atoms with van der Waals surface area (Å²) in [6, 6.07) is 3.43. The minimum atomic E-state index is -0.831. The fraction of sp³-hybridized carbons (Fsp3) is 0.385. The highest BCUT2D eigenvalue weighted by atomic mass is 32.1. The molecule has 1 N–H and O–H groups in total. The Morgan fingerprint density at radius 3 is 2.89 bits per heavy atom. The van der Waals surface area contributed by atoms with Gasteiger partial charge < -0.3 is 10.0 Å². The number of rotatable bonds is 2. The number of hydrogen-bond acceptors (Lipinski definition) is 3. The van der Waals surface area contributed by atoms with E-state index in [4.69, 9.17) is 11.5 Å². The average molecular weight is 263 g/mol. The molecule has 1 unspecified atom stereocenters. The molecule has 1 saturated heterocycles. The third-order valence-corrected chi connectivity index (χ3v) is 4.02. The number of aliphatic carboxylic acids is 1. The quantitative estimate of drug-likeness (QED) is 0.826. The number of amides is 1. The van der Waals surface area contributed by atoms with Crippen LogP contribution in [0.1, 0.15) is 27.4 Å². The molecule has 94 valence electrons. The maximum Gasteiger partial charge on any atom is 0.308 e. The number of thiophene rings is 1. The van der Waals surface area contributed by atoms with Gasteiger partial charge in [0.25, 0.3) is 5.91 Å². The molecule has 0 bridgehead atoms. The molecule has 0 saturated carbocycles. The van der Waals surface area contributed by atoms with E-state index in [2.05, 4.69) is 5.92 Å². The fourth-order valence-corrected chi connectivity index (χ4v) is 2.83. The van der Waals surface area contributed by atoms with Crippen LogP contribution in [0.25, 0.3) is 0 Å². The predicted octanol–water partition coefficient (Wildman–Crippen LogP) is 1.67. The minimum absolute atomic E-state index is 0.118. The number of carboxylic acid groups (broad SMARTS) is 1. The summed E-state index contributed by atoms with van der Waals surface area (Å²) in [5.41, 5.74) is 0. The van der Waals surface area contributed by atoms with Crippen LogP contribution in [0.3, 0.4) is 0 Å². The minimum Gasteiger partial charge on any atom is -0.481 e. The first-order valence-electron chi connectivity index (χ1n) is 5.70. The average Bonchev–Trinajstić information content (AvgIpc) is 2.86. The van der Waals surface area contributed by atoms with Crippen molar-refractivity contribution in [1.29, 1.82) is 0 Å². The number of carbonyl (C=O) groups excluding carboxylic acids is 1. The Morgan fingerprint density at radius 2 is 2.28 bits per heavy atom. The number of nitrogens with zero attached hydrogens (tertiary/aromatic N) is 1. The summed E-state index contributed by atoms with van der Waals surface area (Å²) >= 11 is 1.27. The second-order valence-corrected chi connectivity index (χ2v) is 5.32. The molecule has 5 heteroatoms. The van der Waals surface area contributed by atoms with Gasteiger partial charge in [0.2, 0.25) is 0 Å². The van der Waals surface area contributed by atoms with E-state index in [0.29, 0.717) is 22.7 Å². The van der Waals surface area contributed by atoms with Gasteiger partial charge in [-0.1, -0.05) is 5.92 Å². The van der Waals surface area contributed by atoms with Gasteiger partial charge in [0, 0.05) is 13.1 Å². The predicted molar refractivity (Wildman–Crippen MR) is 68.5 cm³/mol. The van der Waals surface area contributed by atoms with Crippen molar-refractivity contribution in [3.05, 3.63) is 21.9 Å². The molecule has 0 aliphatic carbocycles. The van der Waals surface area contributed by atoms with Crippen LogP contribution in [-0.4, -0.2) is 35.0 Å². The zero-order valence-electron chi connectivity index (χ0n) is 9.76. The lowest BCUT2D eigenvalue weighted by molar-refractivity contribution is -0.143. The molecule has 1 aliphatic heterocycles. The lowest BCUT2D eigenvalue weighted by atomic mass is 9.98. The van der Waals surface area contributed by atoms with E-state index in [1.54, 1.807) is 17.0 Å². The van der Waals surface area contributed by atoms with E-state index < -0.39 is 11.9 Å². The van der Waals surface area contributed by atoms with E-state index >= 15 is 0 Å². The van der Waals surface area contributed by atoms with Crippen molar-refractivity contribution in [1.82, 2.24) is 4.90 Å². The summed E-state index contributed by atoms with van der Waals surface area (Å²) in [5, 5.41) is 8.99. The zero-order valence-corrected chi connectivity index (χ0v) is 10.6. The molecule has 0 aromatic carbocycles. The Labute approximate surface area is 109 Å². The van der Waals surface area contributed by atoms with Crippen LogP contribution in [0.2, 0.25) is 0 Å². The molecule has 1 aromatic heterocycles. The Morgan fingerprint density at radius 1 is 1.50 bits per heavy atom. The molecule has 2 heterocycles. The number of terminal acetylenes is 1. The van der Waals surface area contributed by atoms with Gasteiger partial charge in [-0.05, 0) is 25.0 Å². The molecule has 2 rings (SSSR count). The van der Waals surface area contributed by atoms with E-state index in [-0.39, 0.29) is 12.5 Å². The van der Waals surface area contributed by atoms with Gasteiger partial charge in [0.05, 0.1) is 15.7 Å². The lowest BCUT2D eigenvalue weighted by Gasteiger charge is -2.30. The molecular formula is C13H13NO3S. The molecule has 1 aromatic rings. The van der Waals surface area contributed by atoms with Crippen molar-refractivity contribution in [2.75, 3.05) is 13.1 Å². The smallest absolute Gasteiger partial charge is 0.308 e. The van der Waals surface area contributed by atoms with Gasteiger partial charge in [0.1, 0.15) is 0 Å². The molecule has 0 radical (unpaired) electrons. The van der Waals surface area contributed by atoms with Crippen molar-refractivity contribution in [2.45, 2.75) is 12.8 Å². The van der Waals surface area contributed by atoms with Crippen LogP contribution in [0, 0.1) is 18.3 Å². The second kappa shape index (κ2) is 5.23. The van der Waals surface area contributed by atoms with Crippen molar-refractivity contribution < 1.29 is 14.7 Å². The first-order chi connectivity index (χ1) is 8.61. The summed E-state index contributed by atoms with van der Waals surface area (Å²) in [6.07, 6.45) is 6.63. The topological polar surface area (TPSA) is 57.6 Å². The van der Waals surface area contributed by atoms with Crippen LogP contribution >= 0.6 is 11.3 Å². The Kier molecular flexibility index (Phi) is 3.68. The highest BCUT2D eigenvalue weighted by Crippen LogP contribution is 2.22. The standard InChI is InChI=1S/C13H13NO3S/c1-2-10-5-6-11(18-10)12(15)14-7-3-4-9(8-14)13(16)17/h1,5-6,9H,3-4,7-8H2,(H,16,17). The normalized spacial score (nSPS) is 19.3. The number of likely N-dealkylation sites (tertiary alicyclic amines) is 1. The number of hydrogen-bond donors (Lipinski definition) is 1. The van der Waals surface area contributed by atoms with Crippen LogP contribution in [0.5, 0.6) is 0 Å². The second-order valence-electron chi connectivity index (χ2n) is 4.24. The van der Waals surface area contributed by atoms with Crippen molar-refractivity contribution in [3.8, 4) is 12.3 Å². The van der Waals surface area contributed by atoms with Crippen LogP contribution in [0.15, 0.2) is 12.1 Å². The maximum atomic E-state index is 12.2. The van der Waals surface area contributed by atoms with Gasteiger partial charge in [-0.2, -0.15) is 0 Å². The molecule has 4 nitrogen and oxygen atoms in total. The fourth-order valence-electron chi connectivity index (χ4n) is 2.05. The summed E-state index contributed by atoms with van der Waals surface area (Å²) in [7, 11) is 0. The summed E-state index contributed by atoms with van der Waals surface area (Å²) in [6.45, 7) is 0.906. The van der Waals surface area contributed by atoms with E-state index in [9.17, 15) is 9.59 Å². The van der Waals surface area contributed by atoms with Crippen molar-refractivity contribution in [2.24, 2.45) is 5.92 Å². The third-order valence-electron chi connectivity index (χ3n) is 3.02. The largest absolute Gasteiger partial charge is 0.481 e. The van der Waals surface area contributed by atoms with E-state index in [1.165, 1.54) is 11.3 Å². The maximum absolute atomic E-state index is 12.2. The highest BCUT2D eigenvalue weighted by molar-refractivity contribution is 7.14. The van der Waals surface area contributed by atoms with Gasteiger partial charge >= 0.3 is 5.97 Å². The molecule has 0 spiro atoms. The van der Waals surface area contributed by atoms with Gasteiger partial charge in [-0.3, -0.25) is 9.59 Å². The van der Waals surface area contributed by atoms with Gasteiger partial charge in [0.15, 0.2) is 0 Å². The highest BCUT2D eigenvalue weighted by Gasteiger charge is 2.29. The molecule has 1 amide bonds. The van der Waals surface area contributed by atoms with Gasteiger partial charge in [-0.25, -0.2) is 0 Å². The van der Waals surface area contributed by atoms with Gasteiger partial charge in [-0.15, -0.1) is 17.8 Å². The Balaban J connectivity index is 2.09. The number of carboxylic acids is 1. The van der Waals surface area contributed by atoms with E-state index in [1.807, 2.05) is 0 Å². The monoisotopic (exact) mass is 263 g/mol. The summed E-state index contributed by atoms with van der Waals surface area (Å²) < 4.78 is 0. The Hall–Kier alpha value is -1.80. The SMILES string of the molecule is C#Cc1ccc(C(=O)N2CCCC(C(=O)O)C2)s1. The van der Waals surface area contributed by atoms with Crippen molar-refractivity contribution in [3.63, 3.8) is 0 Å². The zero-order chi connectivity index (χ0) is 13.1. The van der Waals surface area contributed by atoms with E-state index in [0.717, 1.165) is 6.42 Å². The van der Waals surface area contributed by atoms with Crippen molar-refractivity contribution >= 4 is 23.2 Å². The molecular weight excluding hydrogens is 250 g/mol. The lowest BCUT2D eigenvalue weighted by Crippen LogP contribution is -2.42. The molecule has 1 fully saturated rings. The van der Waals surface area contributed by atoms with Crippen LogP contribution < -0.4 is 0 Å². The molecule has 18 heavy (non-hydrogen) atoms. The molecule has 1 aliphatic rings.